The molecule has 0 radical (unpaired) electrons. The topological polar surface area (TPSA) is 154 Å². The Morgan fingerprint density at radius 2 is 2.17 bits per heavy atom. The second kappa shape index (κ2) is 9.37. The van der Waals surface area contributed by atoms with Gasteiger partial charge < -0.3 is 14.6 Å². The molecular formula is C23H23N4O8P. The fourth-order valence-electron chi connectivity index (χ4n) is 4.38. The van der Waals surface area contributed by atoms with Gasteiger partial charge in [0.1, 0.15) is 30.7 Å². The van der Waals surface area contributed by atoms with Crippen LogP contribution in [0.3, 0.4) is 0 Å². The number of benzene rings is 1. The summed E-state index contributed by atoms with van der Waals surface area (Å²) in [6.45, 7) is 3.15. The maximum atomic E-state index is 13.3. The second-order valence-corrected chi connectivity index (χ2v) is 9.90. The lowest BCUT2D eigenvalue weighted by Crippen LogP contribution is -2.43. The van der Waals surface area contributed by atoms with Crippen LogP contribution < -0.4 is 0 Å². The summed E-state index contributed by atoms with van der Waals surface area (Å²) in [4.78, 5) is 16.4. The molecule has 1 unspecified atom stereocenters. The molecule has 2 fully saturated rings. The van der Waals surface area contributed by atoms with Crippen molar-refractivity contribution in [1.29, 1.82) is 5.26 Å². The summed E-state index contributed by atoms with van der Waals surface area (Å²) in [5.41, 5.74) is 0.400. The van der Waals surface area contributed by atoms with Crippen LogP contribution in [0.5, 0.6) is 0 Å². The van der Waals surface area contributed by atoms with Crippen molar-refractivity contribution in [3.63, 3.8) is 0 Å². The Bertz CT molecular complexity index is 1400. The van der Waals surface area contributed by atoms with Gasteiger partial charge in [-0.05, 0) is 37.6 Å². The standard InChI is InChI=1S/C23H23N4O8P/c1-3-31-22(29)16-7-5-4-6-15(16)10-32-36(30)33-11-18-20(35-36)21(28)23(12-24,34-18)19-9-8-17-14(2)25-13-26-27(17)19/h4-9,13,18,20-21,28H,3,10-11H2,1-2H3/t18-,20-,21-,23+,36?/m1/s1. The Kier molecular flexibility index (Phi) is 6.38. The van der Waals surface area contributed by atoms with Crippen molar-refractivity contribution < 1.29 is 37.5 Å². The lowest BCUT2D eigenvalue weighted by atomic mass is 9.92. The highest BCUT2D eigenvalue weighted by atomic mass is 31.2. The largest absolute Gasteiger partial charge is 0.475 e. The molecule has 188 valence electrons. The summed E-state index contributed by atoms with van der Waals surface area (Å²) in [6, 6.07) is 11.9. The first kappa shape index (κ1) is 24.5. The van der Waals surface area contributed by atoms with Crippen LogP contribution in [0.1, 0.15) is 34.2 Å². The van der Waals surface area contributed by atoms with E-state index in [0.29, 0.717) is 16.8 Å². The average molecular weight is 514 g/mol. The third kappa shape index (κ3) is 4.00. The highest BCUT2D eigenvalue weighted by Crippen LogP contribution is 2.58. The summed E-state index contributed by atoms with van der Waals surface area (Å²) in [5, 5.41) is 25.5. The number of fused-ring (bicyclic) bond motifs is 2. The molecule has 0 aliphatic carbocycles. The second-order valence-electron chi connectivity index (χ2n) is 8.27. The molecule has 36 heavy (non-hydrogen) atoms. The quantitative estimate of drug-likeness (QED) is 0.381. The maximum absolute atomic E-state index is 13.3. The average Bonchev–Trinajstić information content (AvgIpc) is 3.44. The van der Waals surface area contributed by atoms with E-state index in [9.17, 15) is 19.7 Å². The predicted molar refractivity (Wildman–Crippen MR) is 122 cm³/mol. The minimum absolute atomic E-state index is 0.197. The van der Waals surface area contributed by atoms with Crippen molar-refractivity contribution in [1.82, 2.24) is 14.6 Å². The Morgan fingerprint density at radius 3 is 2.94 bits per heavy atom. The van der Waals surface area contributed by atoms with Crippen LogP contribution in [-0.2, 0) is 39.8 Å². The maximum Gasteiger partial charge on any atom is 0.475 e. The van der Waals surface area contributed by atoms with E-state index in [1.54, 1.807) is 50.2 Å². The number of carbonyl (C=O) groups excluding carboxylic acids is 1. The van der Waals surface area contributed by atoms with Crippen LogP contribution in [0.15, 0.2) is 42.7 Å². The predicted octanol–water partition coefficient (Wildman–Crippen LogP) is 2.43. The van der Waals surface area contributed by atoms with Crippen LogP contribution in [0.2, 0.25) is 0 Å². The first-order valence-electron chi connectivity index (χ1n) is 11.2. The van der Waals surface area contributed by atoms with Crippen molar-refractivity contribution >= 4 is 19.3 Å². The lowest BCUT2D eigenvalue weighted by Gasteiger charge is -2.30. The van der Waals surface area contributed by atoms with Gasteiger partial charge in [-0.2, -0.15) is 10.4 Å². The smallest absolute Gasteiger partial charge is 0.462 e. The van der Waals surface area contributed by atoms with E-state index in [-0.39, 0.29) is 31.1 Å². The highest BCUT2D eigenvalue weighted by molar-refractivity contribution is 7.48. The number of nitriles is 1. The van der Waals surface area contributed by atoms with E-state index in [1.165, 1.54) is 10.8 Å². The molecule has 0 saturated carbocycles. The summed E-state index contributed by atoms with van der Waals surface area (Å²) < 4.78 is 42.2. The summed E-state index contributed by atoms with van der Waals surface area (Å²) in [5.74, 6) is -0.544. The minimum atomic E-state index is -4.19. The third-order valence-corrected chi connectivity index (χ3v) is 7.57. The first-order valence-corrected chi connectivity index (χ1v) is 12.7. The molecule has 4 heterocycles. The Labute approximate surface area is 205 Å². The SMILES string of the molecule is CCOC(=O)c1ccccc1COP1(=O)OC[C@H]2O[C@@](C#N)(c3ccc4c(C)ncnn34)[C@H](O)[C@@H]2O1. The monoisotopic (exact) mass is 514 g/mol. The summed E-state index contributed by atoms with van der Waals surface area (Å²) >= 11 is 0. The van der Waals surface area contributed by atoms with Crippen molar-refractivity contribution in [3.8, 4) is 6.07 Å². The zero-order chi connectivity index (χ0) is 25.5. The van der Waals surface area contributed by atoms with Crippen LogP contribution in [0.25, 0.3) is 5.52 Å². The molecule has 2 aliphatic heterocycles. The number of aliphatic hydroxyl groups excluding tert-OH is 1. The van der Waals surface area contributed by atoms with Crippen LogP contribution in [0, 0.1) is 18.3 Å². The molecule has 1 aromatic carbocycles. The molecule has 0 amide bonds. The van der Waals surface area contributed by atoms with Crippen molar-refractivity contribution in [2.24, 2.45) is 0 Å². The molecule has 2 aliphatic rings. The molecular weight excluding hydrogens is 491 g/mol. The summed E-state index contributed by atoms with van der Waals surface area (Å²) in [7, 11) is -4.19. The Balaban J connectivity index is 1.37. The van der Waals surface area contributed by atoms with E-state index in [4.69, 9.17) is 23.0 Å². The minimum Gasteiger partial charge on any atom is -0.462 e. The number of carbonyl (C=O) groups is 1. The van der Waals surface area contributed by atoms with Crippen LogP contribution in [-0.4, -0.2) is 57.2 Å². The molecule has 2 aromatic heterocycles. The molecule has 1 N–H and O–H groups in total. The van der Waals surface area contributed by atoms with Gasteiger partial charge >= 0.3 is 13.8 Å². The number of aliphatic hydroxyl groups is 1. The van der Waals surface area contributed by atoms with E-state index in [0.717, 1.165) is 0 Å². The van der Waals surface area contributed by atoms with E-state index >= 15 is 0 Å². The highest BCUT2D eigenvalue weighted by Gasteiger charge is 2.62. The van der Waals surface area contributed by atoms with Gasteiger partial charge in [0.25, 0.3) is 0 Å². The number of hydrogen-bond donors (Lipinski definition) is 1. The number of aryl methyl sites for hydroxylation is 1. The van der Waals surface area contributed by atoms with Crippen LogP contribution in [0.4, 0.5) is 0 Å². The normalized spacial score (nSPS) is 29.6. The molecule has 0 bridgehead atoms. The van der Waals surface area contributed by atoms with Gasteiger partial charge in [-0.25, -0.2) is 18.9 Å². The molecule has 2 saturated heterocycles. The van der Waals surface area contributed by atoms with Gasteiger partial charge in [0.05, 0.1) is 42.3 Å². The Morgan fingerprint density at radius 1 is 1.36 bits per heavy atom. The van der Waals surface area contributed by atoms with Gasteiger partial charge in [0.15, 0.2) is 0 Å². The third-order valence-electron chi connectivity index (χ3n) is 6.16. The number of ether oxygens (including phenoxy) is 2. The van der Waals surface area contributed by atoms with Gasteiger partial charge in [-0.3, -0.25) is 13.6 Å². The number of phosphoric acid groups is 1. The fraction of sp³-hybridized carbons (Fsp3) is 0.391. The first-order chi connectivity index (χ1) is 17.3. The molecule has 12 nitrogen and oxygen atoms in total. The number of hydrogen-bond acceptors (Lipinski definition) is 11. The molecule has 5 atom stereocenters. The van der Waals surface area contributed by atoms with Gasteiger partial charge in [0, 0.05) is 0 Å². The summed E-state index contributed by atoms with van der Waals surface area (Å²) in [6.07, 6.45) is -2.28. The number of aromatic nitrogens is 3. The number of nitrogens with zero attached hydrogens (tertiary/aromatic N) is 4. The fourth-order valence-corrected chi connectivity index (χ4v) is 5.75. The Hall–Kier alpha value is -3.17. The zero-order valence-corrected chi connectivity index (χ0v) is 20.3. The van der Waals surface area contributed by atoms with Crippen LogP contribution >= 0.6 is 7.82 Å². The molecule has 5 rings (SSSR count). The van der Waals surface area contributed by atoms with E-state index < -0.39 is 37.7 Å². The van der Waals surface area contributed by atoms with E-state index in [1.807, 2.05) is 6.07 Å². The molecule has 0 spiro atoms. The van der Waals surface area contributed by atoms with Crippen molar-refractivity contribution in [3.05, 3.63) is 65.2 Å². The van der Waals surface area contributed by atoms with E-state index in [2.05, 4.69) is 10.1 Å². The number of rotatable bonds is 6. The van der Waals surface area contributed by atoms with Crippen molar-refractivity contribution in [2.45, 2.75) is 44.4 Å². The number of esters is 1. The number of phosphoric ester groups is 1. The molecule has 3 aromatic rings. The van der Waals surface area contributed by atoms with Gasteiger partial charge in [-0.15, -0.1) is 0 Å². The van der Waals surface area contributed by atoms with Gasteiger partial charge in [-0.1, -0.05) is 18.2 Å². The lowest BCUT2D eigenvalue weighted by molar-refractivity contribution is -0.0781. The zero-order valence-electron chi connectivity index (χ0n) is 19.4. The van der Waals surface area contributed by atoms with Gasteiger partial charge in [0.2, 0.25) is 5.60 Å². The molecule has 13 heteroatoms. The van der Waals surface area contributed by atoms with Crippen molar-refractivity contribution in [2.75, 3.05) is 13.2 Å².